The summed E-state index contributed by atoms with van der Waals surface area (Å²) in [6.07, 6.45) is -0.548. The molecule has 4 heteroatoms. The van der Waals surface area contributed by atoms with Crippen LogP contribution in [0.5, 0.6) is 5.75 Å². The Kier molecular flexibility index (Phi) is 7.48. The summed E-state index contributed by atoms with van der Waals surface area (Å²) in [6.45, 7) is 7.65. The van der Waals surface area contributed by atoms with Gasteiger partial charge in [-0.15, -0.1) is 0 Å². The van der Waals surface area contributed by atoms with Crippen molar-refractivity contribution in [3.05, 3.63) is 54.6 Å². The predicted molar refractivity (Wildman–Crippen MR) is 101 cm³/mol. The molecule has 0 aliphatic carbocycles. The fourth-order valence-electron chi connectivity index (χ4n) is 2.32. The number of rotatable bonds is 9. The number of carbonyl (C=O) groups excluding carboxylic acids is 1. The second kappa shape index (κ2) is 9.84. The Morgan fingerprint density at radius 1 is 0.960 bits per heavy atom. The van der Waals surface area contributed by atoms with Gasteiger partial charge >= 0.3 is 0 Å². The van der Waals surface area contributed by atoms with Crippen molar-refractivity contribution >= 4 is 5.91 Å². The molecule has 4 nitrogen and oxygen atoms in total. The molecule has 0 bridgehead atoms. The Balaban J connectivity index is 1.78. The van der Waals surface area contributed by atoms with Gasteiger partial charge < -0.3 is 14.8 Å². The van der Waals surface area contributed by atoms with E-state index in [1.54, 1.807) is 6.92 Å². The second-order valence-corrected chi connectivity index (χ2v) is 6.41. The summed E-state index contributed by atoms with van der Waals surface area (Å²) in [5.74, 6) is 1.04. The van der Waals surface area contributed by atoms with Crippen molar-refractivity contribution in [2.45, 2.75) is 26.9 Å². The first kappa shape index (κ1) is 19.0. The van der Waals surface area contributed by atoms with Crippen molar-refractivity contribution in [2.75, 3.05) is 19.8 Å². The zero-order valence-corrected chi connectivity index (χ0v) is 15.2. The number of amides is 1. The van der Waals surface area contributed by atoms with Crippen LogP contribution in [-0.4, -0.2) is 31.8 Å². The van der Waals surface area contributed by atoms with E-state index in [0.717, 1.165) is 11.1 Å². The molecule has 0 heterocycles. The van der Waals surface area contributed by atoms with Crippen LogP contribution in [0.3, 0.4) is 0 Å². The fraction of sp³-hybridized carbons (Fsp3) is 0.381. The molecule has 25 heavy (non-hydrogen) atoms. The van der Waals surface area contributed by atoms with Crippen molar-refractivity contribution in [3.8, 4) is 16.9 Å². The van der Waals surface area contributed by atoms with Gasteiger partial charge in [0, 0.05) is 13.2 Å². The summed E-state index contributed by atoms with van der Waals surface area (Å²) in [7, 11) is 0. The minimum absolute atomic E-state index is 0.139. The van der Waals surface area contributed by atoms with E-state index < -0.39 is 6.10 Å². The fourth-order valence-corrected chi connectivity index (χ4v) is 2.32. The Morgan fingerprint density at radius 3 is 2.24 bits per heavy atom. The Hall–Kier alpha value is -2.33. The van der Waals surface area contributed by atoms with Gasteiger partial charge in [-0.1, -0.05) is 56.3 Å². The van der Waals surface area contributed by atoms with Crippen molar-refractivity contribution in [1.29, 1.82) is 0 Å². The van der Waals surface area contributed by atoms with Gasteiger partial charge in [0.1, 0.15) is 5.75 Å². The van der Waals surface area contributed by atoms with Crippen LogP contribution < -0.4 is 10.1 Å². The standard InChI is InChI=1S/C21H27NO3/c1-16(2)15-24-14-13-22-21(23)17(3)25-20-11-9-19(10-12-20)18-7-5-4-6-8-18/h4-12,16-17H,13-15H2,1-3H3,(H,22,23). The zero-order chi connectivity index (χ0) is 18.1. The number of carbonyl (C=O) groups is 1. The van der Waals surface area contributed by atoms with Crippen LogP contribution in [0.1, 0.15) is 20.8 Å². The molecule has 1 N–H and O–H groups in total. The maximum atomic E-state index is 12.0. The van der Waals surface area contributed by atoms with Gasteiger partial charge in [0.15, 0.2) is 6.10 Å². The van der Waals surface area contributed by atoms with Crippen LogP contribution in [-0.2, 0) is 9.53 Å². The van der Waals surface area contributed by atoms with E-state index in [1.807, 2.05) is 42.5 Å². The lowest BCUT2D eigenvalue weighted by Crippen LogP contribution is -2.38. The first-order chi connectivity index (χ1) is 12.1. The SMILES string of the molecule is CC(C)COCCNC(=O)C(C)Oc1ccc(-c2ccccc2)cc1. The van der Waals surface area contributed by atoms with Gasteiger partial charge in [-0.2, -0.15) is 0 Å². The molecule has 0 aliphatic heterocycles. The summed E-state index contributed by atoms with van der Waals surface area (Å²) < 4.78 is 11.2. The van der Waals surface area contributed by atoms with Crippen LogP contribution >= 0.6 is 0 Å². The lowest BCUT2D eigenvalue weighted by atomic mass is 10.1. The molecule has 0 radical (unpaired) electrons. The molecule has 0 saturated carbocycles. The molecule has 0 fully saturated rings. The smallest absolute Gasteiger partial charge is 0.260 e. The van der Waals surface area contributed by atoms with Gasteiger partial charge in [-0.25, -0.2) is 0 Å². The number of nitrogens with one attached hydrogen (secondary N) is 1. The molecule has 1 unspecified atom stereocenters. The van der Waals surface area contributed by atoms with Crippen LogP contribution in [0.15, 0.2) is 54.6 Å². The summed E-state index contributed by atoms with van der Waals surface area (Å²) in [5, 5.41) is 2.82. The first-order valence-electron chi connectivity index (χ1n) is 8.74. The molecule has 2 aromatic rings. The van der Waals surface area contributed by atoms with Crippen molar-refractivity contribution in [2.24, 2.45) is 5.92 Å². The highest BCUT2D eigenvalue weighted by atomic mass is 16.5. The van der Waals surface area contributed by atoms with Crippen molar-refractivity contribution in [1.82, 2.24) is 5.32 Å². The van der Waals surface area contributed by atoms with Crippen LogP contribution in [0.2, 0.25) is 0 Å². The van der Waals surface area contributed by atoms with Gasteiger partial charge in [0.2, 0.25) is 0 Å². The van der Waals surface area contributed by atoms with E-state index in [-0.39, 0.29) is 5.91 Å². The largest absolute Gasteiger partial charge is 0.481 e. The maximum Gasteiger partial charge on any atom is 0.260 e. The molecule has 0 aromatic heterocycles. The van der Waals surface area contributed by atoms with E-state index in [0.29, 0.717) is 31.4 Å². The maximum absolute atomic E-state index is 12.0. The van der Waals surface area contributed by atoms with Crippen LogP contribution in [0, 0.1) is 5.92 Å². The summed E-state index contributed by atoms with van der Waals surface area (Å²) in [5.41, 5.74) is 2.27. The predicted octanol–water partition coefficient (Wildman–Crippen LogP) is 3.91. The molecule has 0 spiro atoms. The third kappa shape index (κ3) is 6.59. The molecule has 134 valence electrons. The molecular formula is C21H27NO3. The van der Waals surface area contributed by atoms with Gasteiger partial charge in [-0.3, -0.25) is 4.79 Å². The van der Waals surface area contributed by atoms with Crippen LogP contribution in [0.25, 0.3) is 11.1 Å². The summed E-state index contributed by atoms with van der Waals surface area (Å²) >= 11 is 0. The lowest BCUT2D eigenvalue weighted by molar-refractivity contribution is -0.127. The highest BCUT2D eigenvalue weighted by molar-refractivity contribution is 5.80. The minimum atomic E-state index is -0.548. The van der Waals surface area contributed by atoms with Gasteiger partial charge in [0.05, 0.1) is 6.61 Å². The van der Waals surface area contributed by atoms with E-state index in [9.17, 15) is 4.79 Å². The first-order valence-corrected chi connectivity index (χ1v) is 8.74. The average Bonchev–Trinajstić information content (AvgIpc) is 2.62. The Morgan fingerprint density at radius 2 is 1.60 bits per heavy atom. The topological polar surface area (TPSA) is 47.6 Å². The van der Waals surface area contributed by atoms with E-state index in [4.69, 9.17) is 9.47 Å². The molecule has 0 aliphatic rings. The Labute approximate surface area is 150 Å². The van der Waals surface area contributed by atoms with Crippen molar-refractivity contribution in [3.63, 3.8) is 0 Å². The molecular weight excluding hydrogens is 314 g/mol. The van der Waals surface area contributed by atoms with Crippen molar-refractivity contribution < 1.29 is 14.3 Å². The number of hydrogen-bond acceptors (Lipinski definition) is 3. The third-order valence-electron chi connectivity index (χ3n) is 3.64. The normalized spacial score (nSPS) is 12.0. The van der Waals surface area contributed by atoms with E-state index in [2.05, 4.69) is 31.3 Å². The zero-order valence-electron chi connectivity index (χ0n) is 15.2. The number of benzene rings is 2. The molecule has 2 rings (SSSR count). The van der Waals surface area contributed by atoms with E-state index in [1.165, 1.54) is 0 Å². The quantitative estimate of drug-likeness (QED) is 0.704. The molecule has 2 aromatic carbocycles. The summed E-state index contributed by atoms with van der Waals surface area (Å²) in [4.78, 5) is 12.0. The monoisotopic (exact) mass is 341 g/mol. The lowest BCUT2D eigenvalue weighted by Gasteiger charge is -2.15. The second-order valence-electron chi connectivity index (χ2n) is 6.41. The molecule has 0 saturated heterocycles. The Bertz CT molecular complexity index is 638. The molecule has 1 amide bonds. The van der Waals surface area contributed by atoms with Gasteiger partial charge in [0.25, 0.3) is 5.91 Å². The number of ether oxygens (including phenoxy) is 2. The van der Waals surface area contributed by atoms with Gasteiger partial charge in [-0.05, 0) is 36.1 Å². The third-order valence-corrected chi connectivity index (χ3v) is 3.64. The number of hydrogen-bond donors (Lipinski definition) is 1. The summed E-state index contributed by atoms with van der Waals surface area (Å²) in [6, 6.07) is 17.9. The van der Waals surface area contributed by atoms with Crippen LogP contribution in [0.4, 0.5) is 0 Å². The molecule has 1 atom stereocenters. The average molecular weight is 341 g/mol. The highest BCUT2D eigenvalue weighted by Crippen LogP contribution is 2.22. The highest BCUT2D eigenvalue weighted by Gasteiger charge is 2.14. The van der Waals surface area contributed by atoms with E-state index >= 15 is 0 Å². The minimum Gasteiger partial charge on any atom is -0.481 e.